The Bertz CT molecular complexity index is 449. The topological polar surface area (TPSA) is 47.5 Å². The lowest BCUT2D eigenvalue weighted by atomic mass is 10.1. The van der Waals surface area contributed by atoms with Gasteiger partial charge in [0.2, 0.25) is 5.88 Å². The molecule has 5 heteroatoms. The third-order valence-corrected chi connectivity index (χ3v) is 4.32. The summed E-state index contributed by atoms with van der Waals surface area (Å²) in [5, 5.41) is 0. The first-order chi connectivity index (χ1) is 10.3. The van der Waals surface area contributed by atoms with Gasteiger partial charge in [-0.2, -0.15) is 4.98 Å². The van der Waals surface area contributed by atoms with Crippen molar-refractivity contribution in [3.05, 3.63) is 12.4 Å². The minimum Gasteiger partial charge on any atom is -0.476 e. The van der Waals surface area contributed by atoms with Crippen LogP contribution >= 0.6 is 0 Å². The van der Waals surface area contributed by atoms with E-state index in [1.165, 1.54) is 25.7 Å². The van der Waals surface area contributed by atoms with Crippen molar-refractivity contribution in [3.8, 4) is 5.88 Å². The molecule has 0 bridgehead atoms. The Morgan fingerprint density at radius 2 is 2.14 bits per heavy atom. The van der Waals surface area contributed by atoms with Crippen LogP contribution in [0.1, 0.15) is 39.0 Å². The average Bonchev–Trinajstić information content (AvgIpc) is 2.93. The molecule has 1 aromatic rings. The third-order valence-electron chi connectivity index (χ3n) is 4.32. The molecule has 21 heavy (non-hydrogen) atoms. The van der Waals surface area contributed by atoms with E-state index in [-0.39, 0.29) is 6.10 Å². The molecule has 2 heterocycles. The van der Waals surface area contributed by atoms with Gasteiger partial charge in [0.1, 0.15) is 0 Å². The first kappa shape index (κ1) is 14.6. The van der Waals surface area contributed by atoms with Gasteiger partial charge in [0.15, 0.2) is 5.82 Å². The zero-order valence-electron chi connectivity index (χ0n) is 12.8. The number of anilines is 1. The maximum absolute atomic E-state index is 5.85. The summed E-state index contributed by atoms with van der Waals surface area (Å²) >= 11 is 0. The fraction of sp³-hybridized carbons (Fsp3) is 0.750. The molecule has 1 aromatic heterocycles. The maximum Gasteiger partial charge on any atom is 0.234 e. The van der Waals surface area contributed by atoms with Crippen molar-refractivity contribution in [2.45, 2.75) is 45.1 Å². The summed E-state index contributed by atoms with van der Waals surface area (Å²) in [5.41, 5.74) is 0. The molecule has 1 saturated carbocycles. The van der Waals surface area contributed by atoms with E-state index < -0.39 is 0 Å². The molecular formula is C16H25N3O2. The van der Waals surface area contributed by atoms with Crippen LogP contribution in [0, 0.1) is 5.92 Å². The van der Waals surface area contributed by atoms with E-state index in [1.54, 1.807) is 6.20 Å². The fourth-order valence-electron chi connectivity index (χ4n) is 3.14. The number of ether oxygens (including phenoxy) is 2. The number of hydrogen-bond acceptors (Lipinski definition) is 5. The van der Waals surface area contributed by atoms with E-state index in [0.29, 0.717) is 11.8 Å². The molecule has 2 fully saturated rings. The highest BCUT2D eigenvalue weighted by Crippen LogP contribution is 2.25. The van der Waals surface area contributed by atoms with Crippen LogP contribution in [-0.4, -0.2) is 42.4 Å². The Morgan fingerprint density at radius 1 is 1.29 bits per heavy atom. The van der Waals surface area contributed by atoms with Gasteiger partial charge in [0.25, 0.3) is 0 Å². The van der Waals surface area contributed by atoms with E-state index in [9.17, 15) is 0 Å². The van der Waals surface area contributed by atoms with E-state index in [0.717, 1.165) is 38.5 Å². The minimum atomic E-state index is 0.234. The first-order valence-electron chi connectivity index (χ1n) is 8.12. The predicted molar refractivity (Wildman–Crippen MR) is 81.7 cm³/mol. The second kappa shape index (κ2) is 7.07. The molecule has 0 radical (unpaired) electrons. The molecule has 1 aliphatic carbocycles. The zero-order valence-corrected chi connectivity index (χ0v) is 12.8. The van der Waals surface area contributed by atoms with E-state index >= 15 is 0 Å². The highest BCUT2D eigenvalue weighted by atomic mass is 16.5. The summed E-state index contributed by atoms with van der Waals surface area (Å²) < 4.78 is 11.5. The molecular weight excluding hydrogens is 266 g/mol. The van der Waals surface area contributed by atoms with Gasteiger partial charge in [-0.25, -0.2) is 0 Å². The number of aromatic nitrogens is 2. The molecule has 0 amide bonds. The van der Waals surface area contributed by atoms with Crippen LogP contribution in [0.15, 0.2) is 12.4 Å². The lowest BCUT2D eigenvalue weighted by Crippen LogP contribution is -2.31. The third kappa shape index (κ3) is 4.06. The van der Waals surface area contributed by atoms with Crippen LogP contribution in [0.25, 0.3) is 0 Å². The Balaban J connectivity index is 1.61. The van der Waals surface area contributed by atoms with E-state index in [1.807, 2.05) is 6.20 Å². The van der Waals surface area contributed by atoms with Gasteiger partial charge in [0, 0.05) is 19.7 Å². The molecule has 2 aliphatic rings. The van der Waals surface area contributed by atoms with Gasteiger partial charge in [-0.05, 0) is 32.1 Å². The molecule has 1 saturated heterocycles. The smallest absolute Gasteiger partial charge is 0.234 e. The Labute approximate surface area is 126 Å². The summed E-state index contributed by atoms with van der Waals surface area (Å²) in [6, 6.07) is 0. The maximum atomic E-state index is 5.85. The van der Waals surface area contributed by atoms with Gasteiger partial charge in [-0.1, -0.05) is 12.8 Å². The standard InChI is InChI=1S/C16H25N3O2/c1-13-11-19(7-4-8-20-13)15-9-17-10-16(18-15)21-12-14-5-2-3-6-14/h9-10,13-14H,2-8,11-12H2,1H3. The van der Waals surface area contributed by atoms with Crippen LogP contribution in [0.5, 0.6) is 5.88 Å². The van der Waals surface area contributed by atoms with Crippen LogP contribution in [0.2, 0.25) is 0 Å². The number of nitrogens with zero attached hydrogens (tertiary/aromatic N) is 3. The molecule has 0 N–H and O–H groups in total. The van der Waals surface area contributed by atoms with Crippen LogP contribution < -0.4 is 9.64 Å². The summed E-state index contributed by atoms with van der Waals surface area (Å²) in [6.45, 7) is 5.53. The monoisotopic (exact) mass is 291 g/mol. The zero-order chi connectivity index (χ0) is 14.5. The number of rotatable bonds is 4. The average molecular weight is 291 g/mol. The normalized spacial score (nSPS) is 24.0. The van der Waals surface area contributed by atoms with Crippen LogP contribution in [0.3, 0.4) is 0 Å². The highest BCUT2D eigenvalue weighted by Gasteiger charge is 2.18. The summed E-state index contributed by atoms with van der Waals surface area (Å²) in [7, 11) is 0. The van der Waals surface area contributed by atoms with Gasteiger partial charge < -0.3 is 14.4 Å². The second-order valence-corrected chi connectivity index (χ2v) is 6.16. The largest absolute Gasteiger partial charge is 0.476 e. The van der Waals surface area contributed by atoms with Crippen LogP contribution in [0.4, 0.5) is 5.82 Å². The molecule has 0 aromatic carbocycles. The molecule has 3 rings (SSSR count). The van der Waals surface area contributed by atoms with Gasteiger partial charge in [0.05, 0.1) is 25.1 Å². The van der Waals surface area contributed by atoms with Crippen molar-refractivity contribution in [3.63, 3.8) is 0 Å². The predicted octanol–water partition coefficient (Wildman–Crippen LogP) is 2.66. The van der Waals surface area contributed by atoms with Crippen molar-refractivity contribution in [2.75, 3.05) is 31.2 Å². The van der Waals surface area contributed by atoms with Gasteiger partial charge in [-0.3, -0.25) is 4.98 Å². The lowest BCUT2D eigenvalue weighted by molar-refractivity contribution is 0.0820. The number of hydrogen-bond donors (Lipinski definition) is 0. The van der Waals surface area contributed by atoms with Crippen molar-refractivity contribution < 1.29 is 9.47 Å². The fourth-order valence-corrected chi connectivity index (χ4v) is 3.14. The summed E-state index contributed by atoms with van der Waals surface area (Å²) in [5.74, 6) is 2.25. The van der Waals surface area contributed by atoms with Crippen molar-refractivity contribution in [1.82, 2.24) is 9.97 Å². The Morgan fingerprint density at radius 3 is 3.00 bits per heavy atom. The lowest BCUT2D eigenvalue weighted by Gasteiger charge is -2.23. The molecule has 5 nitrogen and oxygen atoms in total. The van der Waals surface area contributed by atoms with Crippen LogP contribution in [-0.2, 0) is 4.74 Å². The molecule has 116 valence electrons. The molecule has 1 aliphatic heterocycles. The van der Waals surface area contributed by atoms with Crippen molar-refractivity contribution in [1.29, 1.82) is 0 Å². The SMILES string of the molecule is CC1CN(c2cncc(OCC3CCCC3)n2)CCCO1. The highest BCUT2D eigenvalue weighted by molar-refractivity contribution is 5.37. The first-order valence-corrected chi connectivity index (χ1v) is 8.12. The molecule has 1 unspecified atom stereocenters. The molecule has 1 atom stereocenters. The second-order valence-electron chi connectivity index (χ2n) is 6.16. The van der Waals surface area contributed by atoms with Gasteiger partial charge >= 0.3 is 0 Å². The van der Waals surface area contributed by atoms with Crippen molar-refractivity contribution >= 4 is 5.82 Å². The quantitative estimate of drug-likeness (QED) is 0.853. The van der Waals surface area contributed by atoms with Crippen molar-refractivity contribution in [2.24, 2.45) is 5.92 Å². The minimum absolute atomic E-state index is 0.234. The van der Waals surface area contributed by atoms with E-state index in [2.05, 4.69) is 21.8 Å². The summed E-state index contributed by atoms with van der Waals surface area (Å²) in [6.07, 6.45) is 10.0. The molecule has 0 spiro atoms. The van der Waals surface area contributed by atoms with Gasteiger partial charge in [-0.15, -0.1) is 0 Å². The Kier molecular flexibility index (Phi) is 4.91. The Hall–Kier alpha value is -1.36. The van der Waals surface area contributed by atoms with E-state index in [4.69, 9.17) is 9.47 Å². The summed E-state index contributed by atoms with van der Waals surface area (Å²) in [4.78, 5) is 11.2.